The number of fused-ring (bicyclic) bond motifs is 1. The molecule has 1 amide bonds. The van der Waals surface area contributed by atoms with Crippen molar-refractivity contribution in [3.63, 3.8) is 0 Å². The number of carbonyl (C=O) groups excluding carboxylic acids is 1. The highest BCUT2D eigenvalue weighted by Gasteiger charge is 2.29. The van der Waals surface area contributed by atoms with Crippen LogP contribution in [0.3, 0.4) is 0 Å². The molecule has 1 fully saturated rings. The molecule has 2 aromatic rings. The van der Waals surface area contributed by atoms with Crippen LogP contribution in [0.15, 0.2) is 24.3 Å². The van der Waals surface area contributed by atoms with Gasteiger partial charge in [-0.2, -0.15) is 0 Å². The summed E-state index contributed by atoms with van der Waals surface area (Å²) < 4.78 is 15.6. The van der Waals surface area contributed by atoms with Gasteiger partial charge in [0.1, 0.15) is 18.1 Å². The van der Waals surface area contributed by atoms with Crippen LogP contribution in [0.4, 0.5) is 11.5 Å². The Balaban J connectivity index is 1.94. The zero-order valence-electron chi connectivity index (χ0n) is 14.5. The van der Waals surface area contributed by atoms with Crippen molar-refractivity contribution in [1.29, 1.82) is 0 Å². The normalized spacial score (nSPS) is 17.4. The minimum absolute atomic E-state index is 0.0277. The van der Waals surface area contributed by atoms with Gasteiger partial charge in [0.15, 0.2) is 0 Å². The second-order valence-electron chi connectivity index (χ2n) is 6.62. The summed E-state index contributed by atoms with van der Waals surface area (Å²) in [6, 6.07) is 7.07. The summed E-state index contributed by atoms with van der Waals surface area (Å²) >= 11 is -1.68. The van der Waals surface area contributed by atoms with Crippen molar-refractivity contribution in [2.24, 2.45) is 5.92 Å². The van der Waals surface area contributed by atoms with Gasteiger partial charge in [-0.05, 0) is 36.6 Å². The Morgan fingerprint density at radius 3 is 2.80 bits per heavy atom. The molecule has 1 saturated heterocycles. The Bertz CT molecular complexity index is 840. The monoisotopic (exact) mass is 362 g/mol. The summed E-state index contributed by atoms with van der Waals surface area (Å²) in [5, 5.41) is 11.0. The Morgan fingerprint density at radius 1 is 1.40 bits per heavy atom. The average molecular weight is 362 g/mol. The molecule has 1 aromatic heterocycles. The van der Waals surface area contributed by atoms with Crippen molar-refractivity contribution >= 4 is 39.5 Å². The third kappa shape index (κ3) is 3.68. The molecule has 1 aromatic carbocycles. The van der Waals surface area contributed by atoms with E-state index in [4.69, 9.17) is 0 Å². The molecule has 3 rings (SSSR count). The lowest BCUT2D eigenvalue weighted by Crippen LogP contribution is -2.22. The highest BCUT2D eigenvalue weighted by Crippen LogP contribution is 2.34. The lowest BCUT2D eigenvalue weighted by molar-refractivity contribution is -0.117. The number of aromatic hydroxyl groups is 1. The van der Waals surface area contributed by atoms with Crippen LogP contribution in [-0.2, 0) is 16.0 Å². The molecular formula is C17H22N4O3S. The molecule has 7 nitrogen and oxygen atoms in total. The third-order valence-electron chi connectivity index (χ3n) is 4.16. The fourth-order valence-corrected chi connectivity index (χ4v) is 3.59. The van der Waals surface area contributed by atoms with Gasteiger partial charge in [-0.1, -0.05) is 13.8 Å². The molecule has 1 unspecified atom stereocenters. The number of anilines is 2. The van der Waals surface area contributed by atoms with Crippen LogP contribution < -0.4 is 13.9 Å². The van der Waals surface area contributed by atoms with E-state index in [1.807, 2.05) is 19.2 Å². The fourth-order valence-electron chi connectivity index (χ4n) is 2.66. The molecule has 0 saturated carbocycles. The van der Waals surface area contributed by atoms with Crippen molar-refractivity contribution in [2.45, 2.75) is 20.3 Å². The predicted molar refractivity (Wildman–Crippen MR) is 99.8 cm³/mol. The van der Waals surface area contributed by atoms with Crippen molar-refractivity contribution < 1.29 is 14.1 Å². The SMILES string of the molecule is CC(C)CCN(C)c1ccc2cc(O)c(N3CC(=O)NS3=O)cc2n1. The first-order valence-corrected chi connectivity index (χ1v) is 9.29. The summed E-state index contributed by atoms with van der Waals surface area (Å²) in [5.74, 6) is 1.08. The lowest BCUT2D eigenvalue weighted by atomic mass is 10.1. The second kappa shape index (κ2) is 6.87. The molecule has 8 heteroatoms. The molecule has 25 heavy (non-hydrogen) atoms. The van der Waals surface area contributed by atoms with Crippen molar-refractivity contribution in [2.75, 3.05) is 29.3 Å². The number of amides is 1. The molecule has 1 aliphatic heterocycles. The number of hydrogen-bond donors (Lipinski definition) is 2. The smallest absolute Gasteiger partial charge is 0.253 e. The number of phenols is 1. The van der Waals surface area contributed by atoms with Crippen LogP contribution in [0.1, 0.15) is 20.3 Å². The van der Waals surface area contributed by atoms with Gasteiger partial charge in [-0.25, -0.2) is 9.19 Å². The van der Waals surface area contributed by atoms with E-state index >= 15 is 0 Å². The molecule has 0 spiro atoms. The number of nitrogens with zero attached hydrogens (tertiary/aromatic N) is 3. The Hall–Kier alpha value is -2.35. The number of carbonyl (C=O) groups is 1. The number of hydrogen-bond acceptors (Lipinski definition) is 5. The maximum absolute atomic E-state index is 12.0. The Labute approximate surface area is 149 Å². The molecule has 0 bridgehead atoms. The molecule has 0 radical (unpaired) electrons. The van der Waals surface area contributed by atoms with Crippen LogP contribution in [0, 0.1) is 5.92 Å². The van der Waals surface area contributed by atoms with Gasteiger partial charge in [0.05, 0.1) is 11.2 Å². The molecule has 1 atom stereocenters. The largest absolute Gasteiger partial charge is 0.506 e. The van der Waals surface area contributed by atoms with Crippen molar-refractivity contribution in [1.82, 2.24) is 9.71 Å². The van der Waals surface area contributed by atoms with Crippen LogP contribution in [-0.4, -0.2) is 40.3 Å². The quantitative estimate of drug-likeness (QED) is 0.849. The van der Waals surface area contributed by atoms with Gasteiger partial charge in [0, 0.05) is 19.0 Å². The van der Waals surface area contributed by atoms with E-state index in [1.54, 1.807) is 12.1 Å². The zero-order chi connectivity index (χ0) is 18.1. The first-order valence-electron chi connectivity index (χ1n) is 8.19. The van der Waals surface area contributed by atoms with Crippen molar-refractivity contribution in [3.8, 4) is 5.75 Å². The van der Waals surface area contributed by atoms with Gasteiger partial charge in [-0.15, -0.1) is 0 Å². The predicted octanol–water partition coefficient (Wildman–Crippen LogP) is 1.94. The minimum Gasteiger partial charge on any atom is -0.506 e. The summed E-state index contributed by atoms with van der Waals surface area (Å²) in [5.41, 5.74) is 1.01. The molecule has 2 N–H and O–H groups in total. The van der Waals surface area contributed by atoms with E-state index in [0.29, 0.717) is 17.1 Å². The second-order valence-corrected chi connectivity index (χ2v) is 7.76. The van der Waals surface area contributed by atoms with Crippen LogP contribution in [0.5, 0.6) is 5.75 Å². The maximum atomic E-state index is 12.0. The number of rotatable bonds is 5. The molecule has 0 aliphatic carbocycles. The summed E-state index contributed by atoms with van der Waals surface area (Å²) in [6.45, 7) is 5.21. The average Bonchev–Trinajstić information content (AvgIpc) is 2.89. The van der Waals surface area contributed by atoms with E-state index in [0.717, 1.165) is 24.2 Å². The first-order chi connectivity index (χ1) is 11.8. The molecular weight excluding hydrogens is 340 g/mol. The highest BCUT2D eigenvalue weighted by molar-refractivity contribution is 7.85. The number of pyridine rings is 1. The molecule has 134 valence electrons. The topological polar surface area (TPSA) is 85.8 Å². The summed E-state index contributed by atoms with van der Waals surface area (Å²) in [7, 11) is 2.00. The Kier molecular flexibility index (Phi) is 4.80. The Morgan fingerprint density at radius 2 is 2.16 bits per heavy atom. The van der Waals surface area contributed by atoms with Gasteiger partial charge in [0.25, 0.3) is 5.91 Å². The number of aromatic nitrogens is 1. The van der Waals surface area contributed by atoms with E-state index in [-0.39, 0.29) is 18.2 Å². The van der Waals surface area contributed by atoms with E-state index in [9.17, 15) is 14.1 Å². The number of nitrogens with one attached hydrogen (secondary N) is 1. The van der Waals surface area contributed by atoms with Crippen LogP contribution in [0.2, 0.25) is 0 Å². The van der Waals surface area contributed by atoms with Gasteiger partial charge >= 0.3 is 0 Å². The fraction of sp³-hybridized carbons (Fsp3) is 0.412. The third-order valence-corrected chi connectivity index (χ3v) is 5.29. The van der Waals surface area contributed by atoms with Gasteiger partial charge in [-0.3, -0.25) is 13.8 Å². The number of benzene rings is 1. The first kappa shape index (κ1) is 17.5. The van der Waals surface area contributed by atoms with E-state index in [2.05, 4.69) is 28.5 Å². The summed E-state index contributed by atoms with van der Waals surface area (Å²) in [6.07, 6.45) is 1.07. The summed E-state index contributed by atoms with van der Waals surface area (Å²) in [4.78, 5) is 18.2. The van der Waals surface area contributed by atoms with Gasteiger partial charge in [0.2, 0.25) is 11.2 Å². The van der Waals surface area contributed by atoms with Crippen molar-refractivity contribution in [3.05, 3.63) is 24.3 Å². The standard InChI is InChI=1S/C17H22N4O3S/c1-11(2)6-7-20(3)16-5-4-12-8-15(22)14(9-13(12)18-16)21-10-17(23)19-25(21)24/h4-5,8-9,11,22H,6-7,10H2,1-3H3,(H,19,23). The van der Waals surface area contributed by atoms with Crippen LogP contribution in [0.25, 0.3) is 10.9 Å². The number of phenolic OH excluding ortho intramolecular Hbond substituents is 1. The molecule has 1 aliphatic rings. The van der Waals surface area contributed by atoms with Gasteiger partial charge < -0.3 is 10.0 Å². The van der Waals surface area contributed by atoms with E-state index < -0.39 is 11.2 Å². The zero-order valence-corrected chi connectivity index (χ0v) is 15.3. The highest BCUT2D eigenvalue weighted by atomic mass is 32.2. The lowest BCUT2D eigenvalue weighted by Gasteiger charge is -2.20. The van der Waals surface area contributed by atoms with Crippen LogP contribution >= 0.6 is 0 Å². The van der Waals surface area contributed by atoms with E-state index in [1.165, 1.54) is 4.31 Å². The maximum Gasteiger partial charge on any atom is 0.253 e. The minimum atomic E-state index is -1.68. The molecule has 2 heterocycles.